The van der Waals surface area contributed by atoms with Gasteiger partial charge in [-0.15, -0.1) is 0 Å². The lowest BCUT2D eigenvalue weighted by Crippen LogP contribution is -2.33. The van der Waals surface area contributed by atoms with Gasteiger partial charge in [0, 0.05) is 54.4 Å². The summed E-state index contributed by atoms with van der Waals surface area (Å²) in [7, 11) is 2.16. The molecule has 3 aromatic heterocycles. The first kappa shape index (κ1) is 23.7. The van der Waals surface area contributed by atoms with Gasteiger partial charge in [0.1, 0.15) is 11.6 Å². The molecule has 5 rings (SSSR count). The van der Waals surface area contributed by atoms with Crippen LogP contribution in [0.3, 0.4) is 0 Å². The summed E-state index contributed by atoms with van der Waals surface area (Å²) < 4.78 is 0. The number of nitrogens with two attached hydrogens (primary N) is 1. The summed E-state index contributed by atoms with van der Waals surface area (Å²) in [6, 6.07) is 13.6. The lowest BCUT2D eigenvalue weighted by atomic mass is 9.97. The lowest BCUT2D eigenvalue weighted by molar-refractivity contribution is 0.0951. The zero-order chi connectivity index (χ0) is 24.9. The number of fused-ring (bicyclic) bond motifs is 1. The predicted octanol–water partition coefficient (Wildman–Crippen LogP) is 3.96. The first-order valence-electron chi connectivity index (χ1n) is 12.3. The van der Waals surface area contributed by atoms with Crippen LogP contribution in [0.2, 0.25) is 0 Å². The van der Waals surface area contributed by atoms with Crippen molar-refractivity contribution in [1.82, 2.24) is 25.2 Å². The summed E-state index contributed by atoms with van der Waals surface area (Å²) in [6.45, 7) is 3.39. The first-order valence-corrected chi connectivity index (χ1v) is 12.3. The molecule has 4 heterocycles. The van der Waals surface area contributed by atoms with Gasteiger partial charge in [0.05, 0.1) is 5.56 Å². The quantitative estimate of drug-likeness (QED) is 0.367. The van der Waals surface area contributed by atoms with E-state index in [1.807, 2.05) is 42.5 Å². The van der Waals surface area contributed by atoms with Crippen molar-refractivity contribution in [2.45, 2.75) is 19.4 Å². The van der Waals surface area contributed by atoms with Gasteiger partial charge >= 0.3 is 0 Å². The monoisotopic (exact) mass is 481 g/mol. The highest BCUT2D eigenvalue weighted by Crippen LogP contribution is 2.25. The molecule has 8 nitrogen and oxygen atoms in total. The molecule has 1 fully saturated rings. The maximum Gasteiger partial charge on any atom is 0.255 e. The fraction of sp³-hybridized carbons (Fsp3) is 0.286. The number of carbonyl (C=O) groups is 1. The number of nitrogens with one attached hydrogen (secondary N) is 2. The molecule has 0 radical (unpaired) electrons. The summed E-state index contributed by atoms with van der Waals surface area (Å²) in [5.74, 6) is 1.50. The SMILES string of the molecule is CN1CCC(CNc2ncc(-c3cccnc3)cc2C(=O)NCc2ccc3c(N)nccc3c2)CC1. The number of aromatic nitrogens is 3. The molecule has 36 heavy (non-hydrogen) atoms. The van der Waals surface area contributed by atoms with Crippen molar-refractivity contribution in [1.29, 1.82) is 0 Å². The molecule has 0 saturated carbocycles. The minimum Gasteiger partial charge on any atom is -0.383 e. The Bertz CT molecular complexity index is 1350. The van der Waals surface area contributed by atoms with Crippen LogP contribution in [-0.2, 0) is 6.54 Å². The number of hydrogen-bond acceptors (Lipinski definition) is 7. The van der Waals surface area contributed by atoms with Crippen LogP contribution in [0.25, 0.3) is 21.9 Å². The second-order valence-corrected chi connectivity index (χ2v) is 9.42. The molecule has 0 unspecified atom stereocenters. The molecular formula is C28H31N7O. The standard InChI is InChI=1S/C28H31N7O/c1-35-11-7-19(8-12-35)15-32-27-25(14-23(18-33-27)22-3-2-9-30-17-22)28(36)34-16-20-4-5-24-21(13-20)6-10-31-26(24)29/h2-6,9-10,13-14,17-19H,7-8,11-12,15-16H2,1H3,(H2,29,31)(H,32,33)(H,34,36). The van der Waals surface area contributed by atoms with E-state index in [4.69, 9.17) is 5.73 Å². The van der Waals surface area contributed by atoms with E-state index < -0.39 is 0 Å². The van der Waals surface area contributed by atoms with Crippen LogP contribution in [0.4, 0.5) is 11.6 Å². The highest BCUT2D eigenvalue weighted by Gasteiger charge is 2.19. The van der Waals surface area contributed by atoms with E-state index in [1.54, 1.807) is 24.8 Å². The Labute approximate surface area is 211 Å². The van der Waals surface area contributed by atoms with Gasteiger partial charge < -0.3 is 21.3 Å². The minimum atomic E-state index is -0.173. The number of pyridine rings is 3. The van der Waals surface area contributed by atoms with Gasteiger partial charge in [-0.2, -0.15) is 0 Å². The Morgan fingerprint density at radius 2 is 1.92 bits per heavy atom. The van der Waals surface area contributed by atoms with Gasteiger partial charge in [0.25, 0.3) is 5.91 Å². The molecule has 1 aromatic carbocycles. The molecule has 4 N–H and O–H groups in total. The number of likely N-dealkylation sites (tertiary alicyclic amines) is 1. The third-order valence-electron chi connectivity index (χ3n) is 6.84. The predicted molar refractivity (Wildman–Crippen MR) is 144 cm³/mol. The Kier molecular flexibility index (Phi) is 7.04. The molecule has 0 atom stereocenters. The molecule has 4 aromatic rings. The second kappa shape index (κ2) is 10.7. The topological polar surface area (TPSA) is 109 Å². The maximum absolute atomic E-state index is 13.4. The summed E-state index contributed by atoms with van der Waals surface area (Å²) in [5, 5.41) is 8.43. The van der Waals surface area contributed by atoms with Crippen LogP contribution in [0.1, 0.15) is 28.8 Å². The van der Waals surface area contributed by atoms with E-state index >= 15 is 0 Å². The fourth-order valence-electron chi connectivity index (χ4n) is 4.62. The highest BCUT2D eigenvalue weighted by molar-refractivity contribution is 6.00. The van der Waals surface area contributed by atoms with E-state index in [0.717, 1.165) is 59.9 Å². The summed E-state index contributed by atoms with van der Waals surface area (Å²) >= 11 is 0. The zero-order valence-corrected chi connectivity index (χ0v) is 20.4. The number of benzene rings is 1. The van der Waals surface area contributed by atoms with Crippen LogP contribution in [0.15, 0.2) is 67.3 Å². The number of anilines is 2. The molecule has 0 bridgehead atoms. The van der Waals surface area contributed by atoms with Crippen molar-refractivity contribution < 1.29 is 4.79 Å². The number of nitrogens with zero attached hydrogens (tertiary/aromatic N) is 4. The van der Waals surface area contributed by atoms with Crippen molar-refractivity contribution in [3.05, 3.63) is 78.4 Å². The molecular weight excluding hydrogens is 450 g/mol. The van der Waals surface area contributed by atoms with Crippen LogP contribution >= 0.6 is 0 Å². The number of carbonyl (C=O) groups excluding carboxylic acids is 1. The van der Waals surface area contributed by atoms with E-state index in [9.17, 15) is 4.79 Å². The smallest absolute Gasteiger partial charge is 0.255 e. The molecule has 1 amide bonds. The Morgan fingerprint density at radius 3 is 2.72 bits per heavy atom. The van der Waals surface area contributed by atoms with Gasteiger partial charge in [-0.25, -0.2) is 9.97 Å². The average Bonchev–Trinajstić information content (AvgIpc) is 2.92. The number of rotatable bonds is 7. The minimum absolute atomic E-state index is 0.173. The van der Waals surface area contributed by atoms with Gasteiger partial charge in [-0.3, -0.25) is 9.78 Å². The Hall–Kier alpha value is -4.04. The second-order valence-electron chi connectivity index (χ2n) is 9.42. The Morgan fingerprint density at radius 1 is 1.06 bits per heavy atom. The summed E-state index contributed by atoms with van der Waals surface area (Å²) in [6.07, 6.45) is 9.28. The molecule has 184 valence electrons. The fourth-order valence-corrected chi connectivity index (χ4v) is 4.62. The summed E-state index contributed by atoms with van der Waals surface area (Å²) in [4.78, 5) is 28.7. The lowest BCUT2D eigenvalue weighted by Gasteiger charge is -2.29. The maximum atomic E-state index is 13.4. The average molecular weight is 482 g/mol. The normalized spacial score (nSPS) is 14.6. The number of hydrogen-bond donors (Lipinski definition) is 3. The van der Waals surface area contributed by atoms with Crippen LogP contribution in [-0.4, -0.2) is 52.4 Å². The van der Waals surface area contributed by atoms with Gasteiger partial charge in [-0.1, -0.05) is 18.2 Å². The van der Waals surface area contributed by atoms with Crippen LogP contribution in [0, 0.1) is 5.92 Å². The number of piperidine rings is 1. The third kappa shape index (κ3) is 5.44. The van der Waals surface area contributed by atoms with Gasteiger partial charge in [0.15, 0.2) is 0 Å². The molecule has 1 saturated heterocycles. The van der Waals surface area contributed by atoms with Crippen LogP contribution < -0.4 is 16.4 Å². The van der Waals surface area contributed by atoms with Crippen molar-refractivity contribution >= 4 is 28.3 Å². The van der Waals surface area contributed by atoms with Crippen molar-refractivity contribution in [3.63, 3.8) is 0 Å². The molecule has 0 spiro atoms. The van der Waals surface area contributed by atoms with E-state index in [-0.39, 0.29) is 5.91 Å². The third-order valence-corrected chi connectivity index (χ3v) is 6.84. The highest BCUT2D eigenvalue weighted by atomic mass is 16.1. The number of amides is 1. The first-order chi connectivity index (χ1) is 17.6. The van der Waals surface area contributed by atoms with Gasteiger partial charge in [0.2, 0.25) is 0 Å². The van der Waals surface area contributed by atoms with Crippen molar-refractivity contribution in [2.75, 3.05) is 37.7 Å². The van der Waals surface area contributed by atoms with E-state index in [0.29, 0.717) is 29.7 Å². The summed E-state index contributed by atoms with van der Waals surface area (Å²) in [5.41, 5.74) is 9.25. The van der Waals surface area contributed by atoms with Crippen molar-refractivity contribution in [2.24, 2.45) is 5.92 Å². The molecule has 1 aliphatic heterocycles. The Balaban J connectivity index is 1.35. The van der Waals surface area contributed by atoms with Gasteiger partial charge in [-0.05, 0) is 74.1 Å². The molecule has 1 aliphatic rings. The molecule has 0 aliphatic carbocycles. The zero-order valence-electron chi connectivity index (χ0n) is 20.4. The number of nitrogen functional groups attached to an aromatic ring is 1. The largest absolute Gasteiger partial charge is 0.383 e. The van der Waals surface area contributed by atoms with Crippen LogP contribution in [0.5, 0.6) is 0 Å². The van der Waals surface area contributed by atoms with E-state index in [2.05, 4.69) is 37.5 Å². The van der Waals surface area contributed by atoms with E-state index in [1.165, 1.54) is 0 Å². The van der Waals surface area contributed by atoms with Crippen molar-refractivity contribution in [3.8, 4) is 11.1 Å². The molecule has 8 heteroatoms.